The third-order valence-corrected chi connectivity index (χ3v) is 7.52. The third-order valence-electron chi connectivity index (χ3n) is 5.26. The first-order valence-corrected chi connectivity index (χ1v) is 18.3. The zero-order valence-electron chi connectivity index (χ0n) is 22.1. The van der Waals surface area contributed by atoms with E-state index in [0.29, 0.717) is 6.61 Å². The van der Waals surface area contributed by atoms with Gasteiger partial charge in [0.1, 0.15) is 12.4 Å². The van der Waals surface area contributed by atoms with Gasteiger partial charge < -0.3 is 13.6 Å². The lowest BCUT2D eigenvalue weighted by Crippen LogP contribution is -2.31. The molecule has 0 N–H and O–H groups in total. The van der Waals surface area contributed by atoms with E-state index in [1.54, 1.807) is 0 Å². The summed E-state index contributed by atoms with van der Waals surface area (Å²) in [6.45, 7) is 23.0. The van der Waals surface area contributed by atoms with E-state index >= 15 is 0 Å². The highest BCUT2D eigenvalue weighted by Gasteiger charge is 2.35. The summed E-state index contributed by atoms with van der Waals surface area (Å²) in [6, 6.07) is 15.6. The fourth-order valence-electron chi connectivity index (χ4n) is 3.88. The zero-order valence-corrected chi connectivity index (χ0v) is 26.0. The van der Waals surface area contributed by atoms with E-state index in [9.17, 15) is 0 Å². The third kappa shape index (κ3) is 8.35. The minimum Gasteiger partial charge on any atom is -0.487 e. The smallest absolute Gasteiger partial charge is 0.171 e. The minimum absolute atomic E-state index is 0.00332. The van der Waals surface area contributed by atoms with Gasteiger partial charge in [-0.2, -0.15) is 0 Å². The van der Waals surface area contributed by atoms with Gasteiger partial charge in [-0.1, -0.05) is 65.8 Å². The van der Waals surface area contributed by atoms with E-state index in [4.69, 9.17) is 13.6 Å². The van der Waals surface area contributed by atoms with E-state index in [2.05, 4.69) is 108 Å². The van der Waals surface area contributed by atoms with Gasteiger partial charge in [0.15, 0.2) is 18.1 Å². The van der Waals surface area contributed by atoms with E-state index in [1.165, 1.54) is 11.1 Å². The van der Waals surface area contributed by atoms with Crippen LogP contribution in [-0.4, -0.2) is 18.1 Å². The molecule has 0 aliphatic rings. The predicted molar refractivity (Wildman–Crippen MR) is 148 cm³/mol. The van der Waals surface area contributed by atoms with Crippen LogP contribution in [0.15, 0.2) is 40.9 Å². The topological polar surface area (TPSA) is 27.7 Å². The monoisotopic (exact) mass is 549 g/mol. The Labute approximate surface area is 213 Å². The van der Waals surface area contributed by atoms with Gasteiger partial charge in [0.05, 0.1) is 16.7 Å². The van der Waals surface area contributed by atoms with E-state index < -0.39 is 18.1 Å². The molecule has 0 aliphatic carbocycles. The molecule has 1 radical (unpaired) electrons. The summed E-state index contributed by atoms with van der Waals surface area (Å²) in [7, 11) is -2.54. The van der Waals surface area contributed by atoms with Gasteiger partial charge in [0, 0.05) is 6.07 Å². The Morgan fingerprint density at radius 1 is 0.848 bits per heavy atom. The van der Waals surface area contributed by atoms with Gasteiger partial charge in [-0.3, -0.25) is 0 Å². The van der Waals surface area contributed by atoms with Crippen molar-refractivity contribution in [3.8, 4) is 5.75 Å². The molecular formula is C27H42BrO3Si2. The van der Waals surface area contributed by atoms with Crippen LogP contribution in [0.2, 0.25) is 26.2 Å². The minimum atomic E-state index is -1.28. The number of ether oxygens (including phenoxy) is 1. The van der Waals surface area contributed by atoms with Crippen LogP contribution in [0.5, 0.6) is 5.75 Å². The maximum absolute atomic E-state index is 6.69. The molecule has 3 nitrogen and oxygen atoms in total. The molecule has 0 saturated carbocycles. The van der Waals surface area contributed by atoms with Crippen molar-refractivity contribution in [3.63, 3.8) is 0 Å². The molecule has 2 aromatic carbocycles. The van der Waals surface area contributed by atoms with Crippen LogP contribution in [-0.2, 0) is 15.5 Å². The lowest BCUT2D eigenvalue weighted by atomic mass is 9.77. The van der Waals surface area contributed by atoms with Crippen LogP contribution < -0.4 is 4.74 Å². The van der Waals surface area contributed by atoms with Gasteiger partial charge >= 0.3 is 0 Å². The van der Waals surface area contributed by atoms with Crippen molar-refractivity contribution >= 4 is 34.0 Å². The highest BCUT2D eigenvalue weighted by Crippen LogP contribution is 2.45. The number of halogens is 1. The molecule has 2 rings (SSSR count). The maximum Gasteiger partial charge on any atom is 0.171 e. The Hall–Kier alpha value is -0.926. The number of hydrogen-bond acceptors (Lipinski definition) is 3. The molecular weight excluding hydrogens is 508 g/mol. The quantitative estimate of drug-likeness (QED) is 0.296. The summed E-state index contributed by atoms with van der Waals surface area (Å²) in [5.41, 5.74) is 3.53. The molecule has 0 aliphatic heterocycles. The van der Waals surface area contributed by atoms with Crippen molar-refractivity contribution in [2.75, 3.05) is 0 Å². The molecule has 0 bridgehead atoms. The Morgan fingerprint density at radius 3 is 1.88 bits per heavy atom. The molecule has 2 atom stereocenters. The van der Waals surface area contributed by atoms with Crippen LogP contribution >= 0.6 is 15.9 Å². The van der Waals surface area contributed by atoms with Gasteiger partial charge in [0.2, 0.25) is 0 Å². The van der Waals surface area contributed by atoms with Gasteiger partial charge in [-0.25, -0.2) is 0 Å². The molecule has 0 heterocycles. The van der Waals surface area contributed by atoms with Crippen LogP contribution in [0, 0.1) is 16.9 Å². The molecule has 0 aromatic heterocycles. The fourth-order valence-corrected chi connectivity index (χ4v) is 6.46. The number of para-hydroxylation sites is 1. The fraction of sp³-hybridized carbons (Fsp3) is 0.556. The first-order chi connectivity index (χ1) is 15.2. The molecule has 183 valence electrons. The summed E-state index contributed by atoms with van der Waals surface area (Å²) in [6.07, 6.45) is 0.0180. The van der Waals surface area contributed by atoms with Crippen LogP contribution in [0.25, 0.3) is 0 Å². The summed E-state index contributed by atoms with van der Waals surface area (Å²) >= 11 is 3.55. The second-order valence-electron chi connectivity index (χ2n) is 11.5. The number of hydrogen-bond donors (Lipinski definition) is 0. The van der Waals surface area contributed by atoms with Crippen LogP contribution in [0.1, 0.15) is 70.4 Å². The molecule has 2 unspecified atom stereocenters. The summed E-state index contributed by atoms with van der Waals surface area (Å²) in [5, 5.41) is 0. The van der Waals surface area contributed by atoms with Crippen molar-refractivity contribution in [1.82, 2.24) is 0 Å². The standard InChI is InChI=1S/C27H42BrO3Si2/c1-26(2,3)24(30-32(7)8)20-16-15-19(18-29-23-14-12-11-13-22(23)28)17-21(20)25(27(4,5)6)31-33(9)10/h11-13,15-17,24-25,32-33H,18H2,1-10H3. The largest absolute Gasteiger partial charge is 0.487 e. The molecule has 6 heteroatoms. The van der Waals surface area contributed by atoms with Gasteiger partial charge in [-0.15, -0.1) is 0 Å². The van der Waals surface area contributed by atoms with E-state index in [-0.39, 0.29) is 23.0 Å². The molecule has 33 heavy (non-hydrogen) atoms. The molecule has 0 fully saturated rings. The van der Waals surface area contributed by atoms with Gasteiger partial charge in [-0.05, 0) is 81.8 Å². The van der Waals surface area contributed by atoms with Crippen molar-refractivity contribution < 1.29 is 13.6 Å². The van der Waals surface area contributed by atoms with E-state index in [0.717, 1.165) is 15.8 Å². The van der Waals surface area contributed by atoms with Gasteiger partial charge in [0.25, 0.3) is 0 Å². The highest BCUT2D eigenvalue weighted by atomic mass is 79.9. The lowest BCUT2D eigenvalue weighted by molar-refractivity contribution is 0.0655. The first kappa shape index (κ1) is 28.3. The Balaban J connectivity index is 2.57. The summed E-state index contributed by atoms with van der Waals surface area (Å²) in [4.78, 5) is 0. The SMILES string of the molecule is C[SiH](C)OC(c1ccc(COc2[c]cccc2Br)cc1C(O[SiH](C)C)C(C)(C)C)C(C)(C)C. The maximum atomic E-state index is 6.69. The second-order valence-corrected chi connectivity index (χ2v) is 17.1. The second kappa shape index (κ2) is 11.7. The summed E-state index contributed by atoms with van der Waals surface area (Å²) < 4.78 is 20.3. The van der Waals surface area contributed by atoms with E-state index in [1.807, 2.05) is 18.2 Å². The molecule has 2 aromatic rings. The molecule has 0 spiro atoms. The normalized spacial score (nSPS) is 14.6. The lowest BCUT2D eigenvalue weighted by Gasteiger charge is -2.39. The Kier molecular flexibility index (Phi) is 10.0. The first-order valence-electron chi connectivity index (χ1n) is 11.9. The number of rotatable bonds is 9. The summed E-state index contributed by atoms with van der Waals surface area (Å²) in [5.74, 6) is 0.725. The zero-order chi connectivity index (χ0) is 25.0. The predicted octanol–water partition coefficient (Wildman–Crippen LogP) is 8.00. The average Bonchev–Trinajstić information content (AvgIpc) is 2.68. The van der Waals surface area contributed by atoms with Crippen molar-refractivity contribution in [1.29, 1.82) is 0 Å². The Bertz CT molecular complexity index is 901. The van der Waals surface area contributed by atoms with Crippen LogP contribution in [0.4, 0.5) is 0 Å². The average molecular weight is 551 g/mol. The Morgan fingerprint density at radius 2 is 1.39 bits per heavy atom. The van der Waals surface area contributed by atoms with Crippen molar-refractivity contribution in [2.24, 2.45) is 10.8 Å². The van der Waals surface area contributed by atoms with Crippen molar-refractivity contribution in [2.45, 2.75) is 86.5 Å². The van der Waals surface area contributed by atoms with Crippen LogP contribution in [0.3, 0.4) is 0 Å². The highest BCUT2D eigenvalue weighted by molar-refractivity contribution is 9.10. The molecule has 0 amide bonds. The molecule has 0 saturated heterocycles. The number of benzene rings is 2. The van der Waals surface area contributed by atoms with Crippen molar-refractivity contribution in [3.05, 3.63) is 63.6 Å².